The number of aliphatic imine (C=N–C) groups is 1. The van der Waals surface area contributed by atoms with Crippen LogP contribution in [0.3, 0.4) is 0 Å². The van der Waals surface area contributed by atoms with Gasteiger partial charge >= 0.3 is 11.9 Å². The average Bonchev–Trinajstić information content (AvgIpc) is 2.68. The number of nitriles is 1. The second kappa shape index (κ2) is 10.7. The third-order valence-corrected chi connectivity index (χ3v) is 6.20. The number of allylic oxidation sites excluding steroid dienone is 1. The lowest BCUT2D eigenvalue weighted by Gasteiger charge is -2.45. The van der Waals surface area contributed by atoms with Gasteiger partial charge in [-0.25, -0.2) is 0 Å². The summed E-state index contributed by atoms with van der Waals surface area (Å²) in [6.07, 6.45) is 1.73. The lowest BCUT2D eigenvalue weighted by atomic mass is 9.97. The van der Waals surface area contributed by atoms with Gasteiger partial charge in [0.2, 0.25) is 0 Å². The molecule has 2 aliphatic rings. The van der Waals surface area contributed by atoms with Gasteiger partial charge in [-0.2, -0.15) is 5.26 Å². The van der Waals surface area contributed by atoms with Gasteiger partial charge < -0.3 is 18.9 Å². The summed E-state index contributed by atoms with van der Waals surface area (Å²) in [5.74, 6) is -1.21. The molecule has 0 aromatic rings. The van der Waals surface area contributed by atoms with Gasteiger partial charge in [-0.05, 0) is 17.7 Å². The molecule has 13 heteroatoms. The van der Waals surface area contributed by atoms with Gasteiger partial charge in [-0.15, -0.1) is 0 Å². The second-order valence-electron chi connectivity index (χ2n) is 6.32. The summed E-state index contributed by atoms with van der Waals surface area (Å²) in [4.78, 5) is 29.8. The van der Waals surface area contributed by atoms with E-state index >= 15 is 0 Å². The Morgan fingerprint density at radius 3 is 2.73 bits per heavy atom. The molecule has 7 atom stereocenters. The third kappa shape index (κ3) is 5.65. The van der Waals surface area contributed by atoms with Crippen molar-refractivity contribution in [1.29, 1.82) is 5.26 Å². The number of methoxy groups -OCH3 is 1. The van der Waals surface area contributed by atoms with Crippen LogP contribution in [-0.2, 0) is 28.5 Å². The van der Waals surface area contributed by atoms with Crippen LogP contribution >= 0.6 is 23.4 Å². The van der Waals surface area contributed by atoms with Crippen molar-refractivity contribution in [3.8, 4) is 6.07 Å². The van der Waals surface area contributed by atoms with E-state index in [4.69, 9.17) is 36.1 Å². The van der Waals surface area contributed by atoms with Gasteiger partial charge in [0.15, 0.2) is 6.04 Å². The zero-order chi connectivity index (χ0) is 22.3. The molecule has 1 saturated heterocycles. The van der Waals surface area contributed by atoms with E-state index in [2.05, 4.69) is 15.0 Å². The molecule has 11 nitrogen and oxygen atoms in total. The van der Waals surface area contributed by atoms with E-state index in [0.29, 0.717) is 0 Å². The lowest BCUT2D eigenvalue weighted by molar-refractivity contribution is -0.196. The van der Waals surface area contributed by atoms with Crippen LogP contribution in [0.1, 0.15) is 13.8 Å². The number of azide groups is 1. The van der Waals surface area contributed by atoms with Crippen LogP contribution in [0.2, 0.25) is 0 Å². The first-order chi connectivity index (χ1) is 14.3. The van der Waals surface area contributed by atoms with Crippen LogP contribution in [0.25, 0.3) is 10.4 Å². The van der Waals surface area contributed by atoms with Crippen molar-refractivity contribution in [3.63, 3.8) is 0 Å². The Morgan fingerprint density at radius 2 is 2.17 bits per heavy atom. The monoisotopic (exact) mass is 457 g/mol. The van der Waals surface area contributed by atoms with Gasteiger partial charge in [0.1, 0.15) is 40.6 Å². The third-order valence-electron chi connectivity index (χ3n) is 4.26. The molecule has 30 heavy (non-hydrogen) atoms. The van der Waals surface area contributed by atoms with E-state index in [-0.39, 0.29) is 6.61 Å². The number of rotatable bonds is 7. The molecular formula is C17H20ClN5O6S. The number of nitrogens with zero attached hydrogens (tertiary/aromatic N) is 5. The maximum Gasteiger partial charge on any atom is 0.303 e. The summed E-state index contributed by atoms with van der Waals surface area (Å²) < 4.78 is 20.6. The van der Waals surface area contributed by atoms with Crippen LogP contribution in [0.4, 0.5) is 0 Å². The molecule has 0 saturated carbocycles. The molecule has 2 rings (SSSR count). The van der Waals surface area contributed by atoms with Gasteiger partial charge in [0.25, 0.3) is 0 Å². The minimum atomic E-state index is -1.29. The zero-order valence-electron chi connectivity index (χ0n) is 16.4. The van der Waals surface area contributed by atoms with Crippen molar-refractivity contribution in [3.05, 3.63) is 22.6 Å². The predicted octanol–water partition coefficient (Wildman–Crippen LogP) is 2.10. The largest absolute Gasteiger partial charge is 0.463 e. The molecule has 0 aromatic carbocycles. The zero-order valence-corrected chi connectivity index (χ0v) is 17.9. The van der Waals surface area contributed by atoms with Crippen LogP contribution in [0.15, 0.2) is 22.3 Å². The fourth-order valence-corrected chi connectivity index (χ4v) is 4.81. The Morgan fingerprint density at radius 1 is 1.43 bits per heavy atom. The Bertz CT molecular complexity index is 813. The number of halogens is 1. The molecular weight excluding hydrogens is 438 g/mol. The topological polar surface area (TPSA) is 156 Å². The summed E-state index contributed by atoms with van der Waals surface area (Å²) in [6.45, 7) is 2.15. The van der Waals surface area contributed by atoms with Gasteiger partial charge in [0.05, 0.1) is 6.07 Å². The van der Waals surface area contributed by atoms with E-state index in [0.717, 1.165) is 11.8 Å². The number of carbonyl (C=O) groups excluding carboxylic acids is 2. The number of ether oxygens (including phenoxy) is 4. The normalized spacial score (nSPS) is 35.0. The highest BCUT2D eigenvalue weighted by molar-refractivity contribution is 8.02. The Labute approximate surface area is 182 Å². The van der Waals surface area contributed by atoms with Crippen LogP contribution in [-0.4, -0.2) is 71.9 Å². The lowest BCUT2D eigenvalue weighted by Crippen LogP contribution is -2.59. The number of esters is 2. The number of dihydropyridines is 1. The smallest absolute Gasteiger partial charge is 0.303 e. The standard InChI is InChI=1S/C17H20ClN5O6S/c1-9(24)27-8-11-14(28-10(2)25)13(22-23-20)15(26-3)16(29-11)30-17(18)5-4-6-21-12(17)7-19/h4-6,11-16H,8H2,1-3H3/t11-,12?,13+,14+,15-,16?,17?/m1/s1. The van der Waals surface area contributed by atoms with Crippen LogP contribution < -0.4 is 0 Å². The van der Waals surface area contributed by atoms with Crippen molar-refractivity contribution in [2.75, 3.05) is 13.7 Å². The van der Waals surface area contributed by atoms with Crippen molar-refractivity contribution < 1.29 is 28.5 Å². The number of hydrogen-bond acceptors (Lipinski definition) is 10. The molecule has 2 aliphatic heterocycles. The summed E-state index contributed by atoms with van der Waals surface area (Å²) in [5, 5.41) is 13.1. The van der Waals surface area contributed by atoms with Gasteiger partial charge in [-0.3, -0.25) is 14.6 Å². The number of carbonyl (C=O) groups is 2. The first-order valence-electron chi connectivity index (χ1n) is 8.76. The predicted molar refractivity (Wildman–Crippen MR) is 108 cm³/mol. The highest BCUT2D eigenvalue weighted by atomic mass is 35.5. The highest BCUT2D eigenvalue weighted by Crippen LogP contribution is 2.45. The van der Waals surface area contributed by atoms with Gasteiger partial charge in [0, 0.05) is 32.1 Å². The molecule has 0 bridgehead atoms. The van der Waals surface area contributed by atoms with E-state index in [9.17, 15) is 14.9 Å². The van der Waals surface area contributed by atoms with E-state index in [1.165, 1.54) is 27.2 Å². The molecule has 0 N–H and O–H groups in total. The van der Waals surface area contributed by atoms with Crippen LogP contribution in [0.5, 0.6) is 0 Å². The molecule has 0 spiro atoms. The Balaban J connectivity index is 2.39. The number of alkyl halides is 1. The van der Waals surface area contributed by atoms with Crippen molar-refractivity contribution in [1.82, 2.24) is 0 Å². The highest BCUT2D eigenvalue weighted by Gasteiger charge is 2.52. The average molecular weight is 458 g/mol. The first-order valence-corrected chi connectivity index (χ1v) is 10.0. The molecule has 0 radical (unpaired) electrons. The fraction of sp³-hybridized carbons (Fsp3) is 0.647. The summed E-state index contributed by atoms with van der Waals surface area (Å²) in [6, 6.07) is 0.103. The Kier molecular flexibility index (Phi) is 8.52. The number of hydrogen-bond donors (Lipinski definition) is 0. The molecule has 0 amide bonds. The van der Waals surface area contributed by atoms with Crippen molar-refractivity contribution in [2.24, 2.45) is 10.1 Å². The maximum atomic E-state index is 11.6. The van der Waals surface area contributed by atoms with E-state index in [1.807, 2.05) is 6.07 Å². The minimum absolute atomic E-state index is 0.261. The minimum Gasteiger partial charge on any atom is -0.463 e. The van der Waals surface area contributed by atoms with Crippen molar-refractivity contribution >= 4 is 41.5 Å². The summed E-state index contributed by atoms with van der Waals surface area (Å²) in [7, 11) is 1.37. The number of thioether (sulfide) groups is 1. The second-order valence-corrected chi connectivity index (χ2v) is 8.55. The quantitative estimate of drug-likeness (QED) is 0.185. The maximum absolute atomic E-state index is 11.6. The molecule has 2 heterocycles. The molecule has 0 aliphatic carbocycles. The SMILES string of the molecule is CO[C@H]1C(SC2(Cl)C=CC=NC2C#N)O[C@H](COC(C)=O)[C@H](OC(C)=O)[C@@H]1N=[N+]=[N-]. The molecule has 162 valence electrons. The van der Waals surface area contributed by atoms with Gasteiger partial charge in [-0.1, -0.05) is 28.5 Å². The van der Waals surface area contributed by atoms with E-state index < -0.39 is 52.0 Å². The molecule has 1 fully saturated rings. The fourth-order valence-electron chi connectivity index (χ4n) is 3.01. The van der Waals surface area contributed by atoms with Crippen molar-refractivity contribution in [2.45, 2.75) is 53.9 Å². The Hall–Kier alpha value is -2.29. The van der Waals surface area contributed by atoms with E-state index in [1.54, 1.807) is 12.2 Å². The molecule has 3 unspecified atom stereocenters. The van der Waals surface area contributed by atoms with Crippen LogP contribution in [0, 0.1) is 11.3 Å². The molecule has 0 aromatic heterocycles. The summed E-state index contributed by atoms with van der Waals surface area (Å²) in [5.41, 5.74) is 8.19. The first kappa shape index (κ1) is 24.0. The summed E-state index contributed by atoms with van der Waals surface area (Å²) >= 11 is 7.68.